The first kappa shape index (κ1) is 10.5. The van der Waals surface area contributed by atoms with Crippen LogP contribution in [0, 0.1) is 0 Å². The quantitative estimate of drug-likeness (QED) is 0.768. The van der Waals surface area contributed by atoms with Crippen LogP contribution in [0.4, 0.5) is 5.69 Å². The number of β-amino-alcohol motifs (C(OH)–C–C–N with tert-alkyl or cyclic N) is 1. The maximum Gasteiger partial charge on any atom is 0.0826 e. The number of nitrogens with zero attached hydrogens (tertiary/aromatic N) is 1. The van der Waals surface area contributed by atoms with Crippen molar-refractivity contribution in [3.8, 4) is 0 Å². The Morgan fingerprint density at radius 3 is 2.93 bits per heavy atom. The highest BCUT2D eigenvalue weighted by molar-refractivity contribution is 5.56. The van der Waals surface area contributed by atoms with Crippen molar-refractivity contribution >= 4 is 5.69 Å². The Kier molecular flexibility index (Phi) is 2.93. The summed E-state index contributed by atoms with van der Waals surface area (Å²) in [5.74, 6) is 0. The minimum absolute atomic E-state index is 0.340. The van der Waals surface area contributed by atoms with Gasteiger partial charge in [-0.1, -0.05) is 18.2 Å². The molecule has 82 valence electrons. The summed E-state index contributed by atoms with van der Waals surface area (Å²) in [5.41, 5.74) is 2.03. The molecule has 1 aliphatic rings. The van der Waals surface area contributed by atoms with E-state index in [0.717, 1.165) is 24.2 Å². The summed E-state index contributed by atoms with van der Waals surface area (Å²) in [6.07, 6.45) is 0.0451. The van der Waals surface area contributed by atoms with Gasteiger partial charge in [-0.2, -0.15) is 0 Å². The SMILES string of the molecule is CC(O)CN1CCC(O)c2ccccc21. The van der Waals surface area contributed by atoms with Gasteiger partial charge in [-0.05, 0) is 19.4 Å². The summed E-state index contributed by atoms with van der Waals surface area (Å²) in [7, 11) is 0. The predicted octanol–water partition coefficient (Wildman–Crippen LogP) is 1.31. The number of benzene rings is 1. The van der Waals surface area contributed by atoms with E-state index >= 15 is 0 Å². The number of anilines is 1. The topological polar surface area (TPSA) is 43.7 Å². The molecule has 0 aromatic heterocycles. The Balaban J connectivity index is 2.28. The van der Waals surface area contributed by atoms with E-state index in [1.165, 1.54) is 0 Å². The molecule has 1 aromatic carbocycles. The van der Waals surface area contributed by atoms with Gasteiger partial charge < -0.3 is 15.1 Å². The molecule has 0 radical (unpaired) electrons. The molecule has 0 fully saturated rings. The Labute approximate surface area is 90.0 Å². The van der Waals surface area contributed by atoms with Crippen LogP contribution < -0.4 is 4.90 Å². The summed E-state index contributed by atoms with van der Waals surface area (Å²) in [4.78, 5) is 2.13. The fourth-order valence-corrected chi connectivity index (χ4v) is 2.12. The summed E-state index contributed by atoms with van der Waals surface area (Å²) >= 11 is 0. The Hall–Kier alpha value is -1.06. The molecule has 0 bridgehead atoms. The molecule has 0 aliphatic carbocycles. The molecule has 1 aromatic rings. The van der Waals surface area contributed by atoms with Crippen LogP contribution in [0.5, 0.6) is 0 Å². The van der Waals surface area contributed by atoms with Gasteiger partial charge in [-0.25, -0.2) is 0 Å². The van der Waals surface area contributed by atoms with Crippen LogP contribution in [0.15, 0.2) is 24.3 Å². The smallest absolute Gasteiger partial charge is 0.0826 e. The van der Waals surface area contributed by atoms with Gasteiger partial charge in [0.1, 0.15) is 0 Å². The fraction of sp³-hybridized carbons (Fsp3) is 0.500. The van der Waals surface area contributed by atoms with Crippen LogP contribution in [0.1, 0.15) is 25.0 Å². The summed E-state index contributed by atoms with van der Waals surface area (Å²) in [6.45, 7) is 3.22. The molecule has 0 saturated carbocycles. The zero-order valence-electron chi connectivity index (χ0n) is 8.93. The van der Waals surface area contributed by atoms with Crippen molar-refractivity contribution < 1.29 is 10.2 Å². The highest BCUT2D eigenvalue weighted by atomic mass is 16.3. The first-order valence-electron chi connectivity index (χ1n) is 5.38. The van der Waals surface area contributed by atoms with Crippen LogP contribution in [-0.2, 0) is 0 Å². The average Bonchev–Trinajstić information content (AvgIpc) is 2.22. The Morgan fingerprint density at radius 2 is 2.20 bits per heavy atom. The lowest BCUT2D eigenvalue weighted by molar-refractivity contribution is 0.157. The van der Waals surface area contributed by atoms with Gasteiger partial charge in [-0.15, -0.1) is 0 Å². The summed E-state index contributed by atoms with van der Waals surface area (Å²) in [5, 5.41) is 19.2. The van der Waals surface area contributed by atoms with Gasteiger partial charge >= 0.3 is 0 Å². The molecular formula is C12H17NO2. The number of hydrogen-bond donors (Lipinski definition) is 2. The normalized spacial score (nSPS) is 22.3. The molecule has 2 N–H and O–H groups in total. The largest absolute Gasteiger partial charge is 0.392 e. The van der Waals surface area contributed by atoms with Gasteiger partial charge in [0.15, 0.2) is 0 Å². The zero-order valence-corrected chi connectivity index (χ0v) is 8.93. The van der Waals surface area contributed by atoms with Crippen LogP contribution in [-0.4, -0.2) is 29.4 Å². The van der Waals surface area contributed by atoms with Gasteiger partial charge in [0.2, 0.25) is 0 Å². The molecule has 0 amide bonds. The molecule has 0 spiro atoms. The van der Waals surface area contributed by atoms with Gasteiger partial charge in [0.05, 0.1) is 12.2 Å². The molecule has 3 heteroatoms. The lowest BCUT2D eigenvalue weighted by atomic mass is 9.99. The molecule has 2 rings (SSSR count). The van der Waals surface area contributed by atoms with Crippen molar-refractivity contribution in [3.05, 3.63) is 29.8 Å². The Bertz CT molecular complexity index is 338. The monoisotopic (exact) mass is 207 g/mol. The number of aliphatic hydroxyl groups excluding tert-OH is 2. The summed E-state index contributed by atoms with van der Waals surface area (Å²) in [6, 6.07) is 7.86. The standard InChI is InChI=1S/C12H17NO2/c1-9(14)8-13-7-6-12(15)10-4-2-3-5-11(10)13/h2-5,9,12,14-15H,6-8H2,1H3. The second-order valence-electron chi connectivity index (χ2n) is 4.16. The van der Waals surface area contributed by atoms with Crippen molar-refractivity contribution in [1.82, 2.24) is 0 Å². The van der Waals surface area contributed by atoms with Crippen LogP contribution >= 0.6 is 0 Å². The number of para-hydroxylation sites is 1. The predicted molar refractivity (Wildman–Crippen MR) is 59.9 cm³/mol. The van der Waals surface area contributed by atoms with Crippen molar-refractivity contribution in [2.75, 3.05) is 18.0 Å². The van der Waals surface area contributed by atoms with Crippen molar-refractivity contribution in [1.29, 1.82) is 0 Å². The molecular weight excluding hydrogens is 190 g/mol. The van der Waals surface area contributed by atoms with E-state index in [9.17, 15) is 10.2 Å². The lowest BCUT2D eigenvalue weighted by Crippen LogP contribution is -2.36. The van der Waals surface area contributed by atoms with Gasteiger partial charge in [0.25, 0.3) is 0 Å². The molecule has 1 aliphatic heterocycles. The van der Waals surface area contributed by atoms with E-state index < -0.39 is 0 Å². The van der Waals surface area contributed by atoms with Crippen molar-refractivity contribution in [2.24, 2.45) is 0 Å². The molecule has 2 unspecified atom stereocenters. The average molecular weight is 207 g/mol. The van der Waals surface area contributed by atoms with E-state index in [1.807, 2.05) is 24.3 Å². The fourth-order valence-electron chi connectivity index (χ4n) is 2.12. The second kappa shape index (κ2) is 4.21. The molecule has 1 heterocycles. The van der Waals surface area contributed by atoms with E-state index in [-0.39, 0.29) is 12.2 Å². The van der Waals surface area contributed by atoms with Crippen molar-refractivity contribution in [3.63, 3.8) is 0 Å². The van der Waals surface area contributed by atoms with E-state index in [4.69, 9.17) is 0 Å². The maximum absolute atomic E-state index is 9.82. The first-order valence-corrected chi connectivity index (χ1v) is 5.38. The van der Waals surface area contributed by atoms with Crippen LogP contribution in [0.2, 0.25) is 0 Å². The van der Waals surface area contributed by atoms with E-state index in [0.29, 0.717) is 6.54 Å². The second-order valence-corrected chi connectivity index (χ2v) is 4.16. The van der Waals surface area contributed by atoms with E-state index in [1.54, 1.807) is 6.92 Å². The maximum atomic E-state index is 9.82. The number of fused-ring (bicyclic) bond motifs is 1. The van der Waals surface area contributed by atoms with Crippen LogP contribution in [0.3, 0.4) is 0 Å². The molecule has 15 heavy (non-hydrogen) atoms. The van der Waals surface area contributed by atoms with Crippen molar-refractivity contribution in [2.45, 2.75) is 25.6 Å². The highest BCUT2D eigenvalue weighted by Crippen LogP contribution is 2.33. The lowest BCUT2D eigenvalue weighted by Gasteiger charge is -2.34. The van der Waals surface area contributed by atoms with E-state index in [2.05, 4.69) is 4.90 Å². The third-order valence-corrected chi connectivity index (χ3v) is 2.79. The minimum atomic E-state index is -0.355. The molecule has 0 saturated heterocycles. The number of aliphatic hydroxyl groups is 2. The summed E-state index contributed by atoms with van der Waals surface area (Å²) < 4.78 is 0. The first-order chi connectivity index (χ1) is 7.18. The zero-order chi connectivity index (χ0) is 10.8. The third-order valence-electron chi connectivity index (χ3n) is 2.79. The third kappa shape index (κ3) is 2.13. The minimum Gasteiger partial charge on any atom is -0.392 e. The highest BCUT2D eigenvalue weighted by Gasteiger charge is 2.23. The Morgan fingerprint density at radius 1 is 1.47 bits per heavy atom. The van der Waals surface area contributed by atoms with Crippen LogP contribution in [0.25, 0.3) is 0 Å². The van der Waals surface area contributed by atoms with Gasteiger partial charge in [0, 0.05) is 24.3 Å². The van der Waals surface area contributed by atoms with Gasteiger partial charge in [-0.3, -0.25) is 0 Å². The number of rotatable bonds is 2. The molecule has 3 nitrogen and oxygen atoms in total. The number of hydrogen-bond acceptors (Lipinski definition) is 3. The molecule has 2 atom stereocenters.